The van der Waals surface area contributed by atoms with E-state index in [1.807, 2.05) is 30.3 Å². The molecule has 0 saturated carbocycles. The van der Waals surface area contributed by atoms with Crippen molar-refractivity contribution in [2.24, 2.45) is 0 Å². The number of amides is 2. The molecule has 2 aliphatic rings. The van der Waals surface area contributed by atoms with Crippen LogP contribution in [0.25, 0.3) is 10.9 Å². The van der Waals surface area contributed by atoms with Gasteiger partial charge in [0.05, 0.1) is 6.67 Å². The molecule has 2 aromatic carbocycles. The number of fused-ring (bicyclic) bond motifs is 1. The maximum absolute atomic E-state index is 13.4. The molecule has 148 valence electrons. The Morgan fingerprint density at radius 2 is 1.79 bits per heavy atom. The summed E-state index contributed by atoms with van der Waals surface area (Å²) < 4.78 is 13.4. The fourth-order valence-corrected chi connectivity index (χ4v) is 4.50. The van der Waals surface area contributed by atoms with Crippen LogP contribution >= 0.6 is 0 Å². The van der Waals surface area contributed by atoms with Crippen LogP contribution in [0, 0.1) is 5.82 Å². The molecule has 1 aromatic heterocycles. The van der Waals surface area contributed by atoms with Gasteiger partial charge < -0.3 is 20.1 Å². The molecule has 29 heavy (non-hydrogen) atoms. The Bertz CT molecular complexity index is 1090. The number of carbonyl (C=O) groups excluding carboxylic acids is 2. The minimum Gasteiger partial charge on any atom is -0.351 e. The minimum atomic E-state index is -0.623. The standard InChI is InChI=1S/C22H21FN4O2/c23-16-6-7-18-15(12-16)13-19(25-18)20(28)26-10-8-22(9-11-26)21(29)24-14-27(22)17-4-2-1-3-5-17/h1-7,12-13,25H,8-11,14H2,(H,24,29). The van der Waals surface area contributed by atoms with Crippen LogP contribution in [0.15, 0.2) is 54.6 Å². The maximum Gasteiger partial charge on any atom is 0.270 e. The van der Waals surface area contributed by atoms with Crippen molar-refractivity contribution in [3.8, 4) is 0 Å². The Morgan fingerprint density at radius 1 is 1.03 bits per heavy atom. The molecule has 2 aliphatic heterocycles. The van der Waals surface area contributed by atoms with Crippen molar-refractivity contribution in [2.75, 3.05) is 24.7 Å². The highest BCUT2D eigenvalue weighted by Crippen LogP contribution is 2.36. The number of aromatic nitrogens is 1. The van der Waals surface area contributed by atoms with Gasteiger partial charge in [-0.05, 0) is 49.2 Å². The van der Waals surface area contributed by atoms with Crippen molar-refractivity contribution in [3.63, 3.8) is 0 Å². The highest BCUT2D eigenvalue weighted by Gasteiger charge is 2.50. The van der Waals surface area contributed by atoms with E-state index < -0.39 is 5.54 Å². The lowest BCUT2D eigenvalue weighted by molar-refractivity contribution is -0.124. The second-order valence-corrected chi connectivity index (χ2v) is 7.67. The monoisotopic (exact) mass is 392 g/mol. The van der Waals surface area contributed by atoms with Gasteiger partial charge in [0.15, 0.2) is 0 Å². The van der Waals surface area contributed by atoms with Crippen molar-refractivity contribution in [1.82, 2.24) is 15.2 Å². The lowest BCUT2D eigenvalue weighted by Gasteiger charge is -2.43. The number of anilines is 1. The number of halogens is 1. The Balaban J connectivity index is 1.36. The van der Waals surface area contributed by atoms with E-state index in [0.29, 0.717) is 43.7 Å². The summed E-state index contributed by atoms with van der Waals surface area (Å²) in [5.41, 5.74) is 1.55. The average Bonchev–Trinajstić information content (AvgIpc) is 3.30. The number of rotatable bonds is 2. The normalized spacial score (nSPS) is 18.4. The largest absolute Gasteiger partial charge is 0.351 e. The van der Waals surface area contributed by atoms with Gasteiger partial charge >= 0.3 is 0 Å². The summed E-state index contributed by atoms with van der Waals surface area (Å²) in [6, 6.07) is 16.0. The number of nitrogens with zero attached hydrogens (tertiary/aromatic N) is 2. The van der Waals surface area contributed by atoms with Gasteiger partial charge in [-0.3, -0.25) is 9.59 Å². The third kappa shape index (κ3) is 2.85. The lowest BCUT2D eigenvalue weighted by Crippen LogP contribution is -2.57. The molecule has 1 spiro atoms. The number of piperidine rings is 1. The van der Waals surface area contributed by atoms with Crippen LogP contribution in [0.5, 0.6) is 0 Å². The number of nitrogens with one attached hydrogen (secondary N) is 2. The molecular weight excluding hydrogens is 371 g/mol. The van der Waals surface area contributed by atoms with Gasteiger partial charge in [0.1, 0.15) is 17.1 Å². The van der Waals surface area contributed by atoms with Gasteiger partial charge in [-0.25, -0.2) is 4.39 Å². The summed E-state index contributed by atoms with van der Waals surface area (Å²) in [6.45, 7) is 1.45. The van der Waals surface area contributed by atoms with Gasteiger partial charge in [-0.1, -0.05) is 18.2 Å². The number of benzene rings is 2. The molecule has 0 aliphatic carbocycles. The lowest BCUT2D eigenvalue weighted by atomic mass is 9.85. The van der Waals surface area contributed by atoms with Crippen LogP contribution in [0.2, 0.25) is 0 Å². The summed E-state index contributed by atoms with van der Waals surface area (Å²) in [5, 5.41) is 3.64. The average molecular weight is 392 g/mol. The molecule has 0 radical (unpaired) electrons. The number of aromatic amines is 1. The van der Waals surface area contributed by atoms with Crippen molar-refractivity contribution < 1.29 is 14.0 Å². The summed E-state index contributed by atoms with van der Waals surface area (Å²) in [5.74, 6) is -0.431. The van der Waals surface area contributed by atoms with Crippen LogP contribution in [0.3, 0.4) is 0 Å². The second kappa shape index (κ2) is 6.62. The van der Waals surface area contributed by atoms with E-state index >= 15 is 0 Å². The Hall–Kier alpha value is -3.35. The first kappa shape index (κ1) is 17.7. The zero-order valence-corrected chi connectivity index (χ0v) is 15.8. The third-order valence-corrected chi connectivity index (χ3v) is 6.10. The first-order valence-corrected chi connectivity index (χ1v) is 9.75. The van der Waals surface area contributed by atoms with Gasteiger partial charge in [0, 0.05) is 29.7 Å². The van der Waals surface area contributed by atoms with Crippen molar-refractivity contribution in [3.05, 3.63) is 66.1 Å². The fourth-order valence-electron chi connectivity index (χ4n) is 4.50. The quantitative estimate of drug-likeness (QED) is 0.705. The zero-order chi connectivity index (χ0) is 20.0. The number of carbonyl (C=O) groups is 2. The molecule has 2 N–H and O–H groups in total. The molecule has 2 amide bonds. The zero-order valence-electron chi connectivity index (χ0n) is 15.8. The van der Waals surface area contributed by atoms with Gasteiger partial charge in [-0.2, -0.15) is 0 Å². The molecule has 0 bridgehead atoms. The fraction of sp³-hybridized carbons (Fsp3) is 0.273. The maximum atomic E-state index is 13.4. The van der Waals surface area contributed by atoms with Gasteiger partial charge in [-0.15, -0.1) is 0 Å². The molecule has 6 nitrogen and oxygen atoms in total. The third-order valence-electron chi connectivity index (χ3n) is 6.10. The van der Waals surface area contributed by atoms with E-state index in [1.165, 1.54) is 12.1 Å². The number of hydrogen-bond donors (Lipinski definition) is 2. The number of hydrogen-bond acceptors (Lipinski definition) is 3. The number of para-hydroxylation sites is 1. The summed E-state index contributed by atoms with van der Waals surface area (Å²) in [4.78, 5) is 32.7. The van der Waals surface area contributed by atoms with E-state index in [4.69, 9.17) is 0 Å². The van der Waals surface area contributed by atoms with Crippen LogP contribution in [-0.2, 0) is 4.79 Å². The molecule has 3 heterocycles. The van der Waals surface area contributed by atoms with Crippen molar-refractivity contribution >= 4 is 28.4 Å². The van der Waals surface area contributed by atoms with Crippen molar-refractivity contribution in [1.29, 1.82) is 0 Å². The van der Waals surface area contributed by atoms with Crippen LogP contribution in [-0.4, -0.2) is 47.0 Å². The van der Waals surface area contributed by atoms with E-state index in [1.54, 1.807) is 17.0 Å². The van der Waals surface area contributed by atoms with E-state index in [0.717, 1.165) is 11.2 Å². The summed E-state index contributed by atoms with van der Waals surface area (Å²) in [6.07, 6.45) is 1.13. The minimum absolute atomic E-state index is 0.0227. The molecule has 2 fully saturated rings. The predicted molar refractivity (Wildman–Crippen MR) is 108 cm³/mol. The molecule has 3 aromatic rings. The smallest absolute Gasteiger partial charge is 0.270 e. The van der Waals surface area contributed by atoms with Gasteiger partial charge in [0.25, 0.3) is 5.91 Å². The molecule has 0 atom stereocenters. The molecule has 2 saturated heterocycles. The Labute approximate surface area is 167 Å². The number of likely N-dealkylation sites (tertiary alicyclic amines) is 1. The Morgan fingerprint density at radius 3 is 2.55 bits per heavy atom. The molecule has 7 heteroatoms. The molecule has 5 rings (SSSR count). The van der Waals surface area contributed by atoms with Crippen LogP contribution in [0.4, 0.5) is 10.1 Å². The Kier molecular flexibility index (Phi) is 4.04. The first-order chi connectivity index (χ1) is 14.1. The number of H-pyrrole nitrogens is 1. The second-order valence-electron chi connectivity index (χ2n) is 7.67. The van der Waals surface area contributed by atoms with Gasteiger partial charge in [0.2, 0.25) is 5.91 Å². The van der Waals surface area contributed by atoms with E-state index in [-0.39, 0.29) is 17.6 Å². The van der Waals surface area contributed by atoms with E-state index in [9.17, 15) is 14.0 Å². The summed E-state index contributed by atoms with van der Waals surface area (Å²) in [7, 11) is 0. The summed E-state index contributed by atoms with van der Waals surface area (Å²) >= 11 is 0. The van der Waals surface area contributed by atoms with Crippen LogP contribution in [0.1, 0.15) is 23.3 Å². The highest BCUT2D eigenvalue weighted by molar-refractivity contribution is 5.99. The topological polar surface area (TPSA) is 68.4 Å². The first-order valence-electron chi connectivity index (χ1n) is 9.75. The van der Waals surface area contributed by atoms with E-state index in [2.05, 4.69) is 15.2 Å². The SMILES string of the molecule is O=C(c1cc2cc(F)ccc2[nH]1)N1CCC2(CC1)C(=O)NCN2c1ccccc1. The van der Waals surface area contributed by atoms with Crippen LogP contribution < -0.4 is 10.2 Å². The highest BCUT2D eigenvalue weighted by atomic mass is 19.1. The van der Waals surface area contributed by atoms with Crippen molar-refractivity contribution in [2.45, 2.75) is 18.4 Å². The predicted octanol–water partition coefficient (Wildman–Crippen LogP) is 2.88. The molecular formula is C22H21FN4O2. The molecule has 0 unspecified atom stereocenters.